The molecular formula is C26H30N2O3. The zero-order valence-electron chi connectivity index (χ0n) is 18.0. The molecular weight excluding hydrogens is 388 g/mol. The highest BCUT2D eigenvalue weighted by Crippen LogP contribution is 2.61. The number of rotatable bonds is 5. The standard InChI is InChI=1S/C26H30N2O3/c1-17(26-14-18-11-19(15-26)13-20(12-18)16-26)27-24(29)25(30)28-21-7-9-23(10-8-21)31-22-5-3-2-4-6-22/h2-10,17-20H,11-16H2,1H3,(H,27,29)(H,28,30). The molecule has 5 nitrogen and oxygen atoms in total. The average molecular weight is 419 g/mol. The summed E-state index contributed by atoms with van der Waals surface area (Å²) in [5.74, 6) is 2.70. The van der Waals surface area contributed by atoms with Crippen LogP contribution in [0.3, 0.4) is 0 Å². The SMILES string of the molecule is CC(NC(=O)C(=O)Nc1ccc(Oc2ccccc2)cc1)C12CC3CC(CC(C3)C1)C2. The van der Waals surface area contributed by atoms with Gasteiger partial charge in [0.1, 0.15) is 11.5 Å². The van der Waals surface area contributed by atoms with Gasteiger partial charge in [-0.2, -0.15) is 0 Å². The van der Waals surface area contributed by atoms with Gasteiger partial charge in [-0.1, -0.05) is 18.2 Å². The van der Waals surface area contributed by atoms with E-state index in [0.717, 1.165) is 23.5 Å². The van der Waals surface area contributed by atoms with Crippen LogP contribution in [-0.2, 0) is 9.59 Å². The van der Waals surface area contributed by atoms with Gasteiger partial charge >= 0.3 is 11.8 Å². The van der Waals surface area contributed by atoms with Gasteiger partial charge in [0, 0.05) is 11.7 Å². The van der Waals surface area contributed by atoms with Crippen LogP contribution in [0.4, 0.5) is 5.69 Å². The molecule has 4 bridgehead atoms. The van der Waals surface area contributed by atoms with Gasteiger partial charge in [-0.3, -0.25) is 9.59 Å². The molecule has 0 saturated heterocycles. The highest BCUT2D eigenvalue weighted by molar-refractivity contribution is 6.39. The Bertz CT molecular complexity index is 919. The van der Waals surface area contributed by atoms with Crippen LogP contribution >= 0.6 is 0 Å². The first-order valence-electron chi connectivity index (χ1n) is 11.4. The van der Waals surface area contributed by atoms with Crippen LogP contribution in [0.2, 0.25) is 0 Å². The number of carbonyl (C=O) groups excluding carboxylic acids is 2. The van der Waals surface area contributed by atoms with Crippen molar-refractivity contribution in [3.8, 4) is 11.5 Å². The second-order valence-electron chi connectivity index (χ2n) is 9.87. The molecule has 1 atom stereocenters. The number of anilines is 1. The lowest BCUT2D eigenvalue weighted by molar-refractivity contribution is -0.138. The fourth-order valence-electron chi connectivity index (χ4n) is 6.54. The third-order valence-electron chi connectivity index (χ3n) is 7.65. The third kappa shape index (κ3) is 4.18. The van der Waals surface area contributed by atoms with E-state index in [1.165, 1.54) is 38.5 Å². The predicted octanol–water partition coefficient (Wildman–Crippen LogP) is 5.14. The Morgan fingerprint density at radius 2 is 1.39 bits per heavy atom. The molecule has 4 fully saturated rings. The minimum Gasteiger partial charge on any atom is -0.457 e. The number of para-hydroxylation sites is 1. The Hall–Kier alpha value is -2.82. The summed E-state index contributed by atoms with van der Waals surface area (Å²) in [4.78, 5) is 25.1. The molecule has 2 N–H and O–H groups in total. The summed E-state index contributed by atoms with van der Waals surface area (Å²) in [7, 11) is 0. The fourth-order valence-corrected chi connectivity index (χ4v) is 6.54. The maximum atomic E-state index is 12.6. The summed E-state index contributed by atoms with van der Waals surface area (Å²) in [6, 6.07) is 16.6. The average Bonchev–Trinajstić information content (AvgIpc) is 2.75. The molecule has 4 aliphatic rings. The maximum Gasteiger partial charge on any atom is 0.313 e. The first kappa shape index (κ1) is 20.1. The number of amides is 2. The molecule has 2 aromatic carbocycles. The quantitative estimate of drug-likeness (QED) is 0.661. The second-order valence-corrected chi connectivity index (χ2v) is 9.87. The van der Waals surface area contributed by atoms with Crippen molar-refractivity contribution in [2.75, 3.05) is 5.32 Å². The van der Waals surface area contributed by atoms with Gasteiger partial charge in [0.15, 0.2) is 0 Å². The second kappa shape index (κ2) is 8.03. The highest BCUT2D eigenvalue weighted by Gasteiger charge is 2.53. The molecule has 1 unspecified atom stereocenters. The minimum absolute atomic E-state index is 0.0285. The normalized spacial score (nSPS) is 29.3. The highest BCUT2D eigenvalue weighted by atomic mass is 16.5. The fraction of sp³-hybridized carbons (Fsp3) is 0.462. The van der Waals surface area contributed by atoms with Crippen LogP contribution in [0.25, 0.3) is 0 Å². The molecule has 5 heteroatoms. The van der Waals surface area contributed by atoms with Gasteiger partial charge in [-0.15, -0.1) is 0 Å². The van der Waals surface area contributed by atoms with E-state index in [2.05, 4.69) is 17.6 Å². The Morgan fingerprint density at radius 1 is 0.839 bits per heavy atom. The Morgan fingerprint density at radius 3 is 1.97 bits per heavy atom. The van der Waals surface area contributed by atoms with E-state index in [4.69, 9.17) is 4.74 Å². The predicted molar refractivity (Wildman–Crippen MR) is 120 cm³/mol. The molecule has 2 amide bonds. The minimum atomic E-state index is -0.617. The lowest BCUT2D eigenvalue weighted by Gasteiger charge is -2.59. The van der Waals surface area contributed by atoms with Crippen LogP contribution in [0.5, 0.6) is 11.5 Å². The molecule has 0 spiro atoms. The number of benzene rings is 2. The molecule has 4 saturated carbocycles. The first-order valence-corrected chi connectivity index (χ1v) is 11.4. The third-order valence-corrected chi connectivity index (χ3v) is 7.65. The lowest BCUT2D eigenvalue weighted by Crippen LogP contribution is -2.57. The van der Waals surface area contributed by atoms with Gasteiger partial charge in [0.2, 0.25) is 0 Å². The van der Waals surface area contributed by atoms with E-state index in [0.29, 0.717) is 11.4 Å². The Balaban J connectivity index is 1.17. The van der Waals surface area contributed by atoms with E-state index in [-0.39, 0.29) is 11.5 Å². The summed E-state index contributed by atoms with van der Waals surface area (Å²) < 4.78 is 5.76. The van der Waals surface area contributed by atoms with Crippen molar-refractivity contribution in [2.45, 2.75) is 51.5 Å². The zero-order chi connectivity index (χ0) is 21.4. The van der Waals surface area contributed by atoms with E-state index in [9.17, 15) is 9.59 Å². The monoisotopic (exact) mass is 418 g/mol. The van der Waals surface area contributed by atoms with Crippen LogP contribution < -0.4 is 15.4 Å². The maximum absolute atomic E-state index is 12.6. The summed E-state index contributed by atoms with van der Waals surface area (Å²) in [5, 5.41) is 5.73. The molecule has 31 heavy (non-hydrogen) atoms. The molecule has 0 radical (unpaired) electrons. The van der Waals surface area contributed by atoms with Gasteiger partial charge < -0.3 is 15.4 Å². The van der Waals surface area contributed by atoms with E-state index in [1.54, 1.807) is 24.3 Å². The van der Waals surface area contributed by atoms with Crippen molar-refractivity contribution >= 4 is 17.5 Å². The summed E-state index contributed by atoms with van der Waals surface area (Å²) in [6.07, 6.45) is 7.69. The van der Waals surface area contributed by atoms with Crippen molar-refractivity contribution in [3.05, 3.63) is 54.6 Å². The van der Waals surface area contributed by atoms with Crippen LogP contribution in [-0.4, -0.2) is 17.9 Å². The molecule has 2 aromatic rings. The molecule has 0 heterocycles. The molecule has 4 aliphatic carbocycles. The topological polar surface area (TPSA) is 67.4 Å². The summed E-state index contributed by atoms with van der Waals surface area (Å²) in [5.41, 5.74) is 0.754. The van der Waals surface area contributed by atoms with Gasteiger partial charge in [-0.05, 0) is 105 Å². The van der Waals surface area contributed by atoms with Crippen LogP contribution in [0, 0.1) is 23.2 Å². The van der Waals surface area contributed by atoms with Crippen LogP contribution in [0.15, 0.2) is 54.6 Å². The molecule has 6 rings (SSSR count). The van der Waals surface area contributed by atoms with Crippen molar-refractivity contribution in [2.24, 2.45) is 23.2 Å². The van der Waals surface area contributed by atoms with Crippen molar-refractivity contribution < 1.29 is 14.3 Å². The van der Waals surface area contributed by atoms with Gasteiger partial charge in [0.25, 0.3) is 0 Å². The van der Waals surface area contributed by atoms with Gasteiger partial charge in [-0.25, -0.2) is 0 Å². The van der Waals surface area contributed by atoms with E-state index >= 15 is 0 Å². The summed E-state index contributed by atoms with van der Waals surface area (Å²) in [6.45, 7) is 2.09. The summed E-state index contributed by atoms with van der Waals surface area (Å²) >= 11 is 0. The zero-order valence-corrected chi connectivity index (χ0v) is 18.0. The van der Waals surface area contributed by atoms with Crippen molar-refractivity contribution in [1.29, 1.82) is 0 Å². The smallest absolute Gasteiger partial charge is 0.313 e. The largest absolute Gasteiger partial charge is 0.457 e. The van der Waals surface area contributed by atoms with E-state index < -0.39 is 11.8 Å². The lowest BCUT2D eigenvalue weighted by atomic mass is 9.48. The molecule has 0 aromatic heterocycles. The van der Waals surface area contributed by atoms with Crippen molar-refractivity contribution in [1.82, 2.24) is 5.32 Å². The van der Waals surface area contributed by atoms with Crippen molar-refractivity contribution in [3.63, 3.8) is 0 Å². The number of ether oxygens (including phenoxy) is 1. The molecule has 0 aliphatic heterocycles. The van der Waals surface area contributed by atoms with Crippen LogP contribution in [0.1, 0.15) is 45.4 Å². The Labute approximate surface area is 183 Å². The van der Waals surface area contributed by atoms with Gasteiger partial charge in [0.05, 0.1) is 0 Å². The number of carbonyl (C=O) groups is 2. The molecule has 162 valence electrons. The first-order chi connectivity index (χ1) is 15.0. The number of nitrogens with one attached hydrogen (secondary N) is 2. The number of hydrogen-bond donors (Lipinski definition) is 2. The Kier molecular flexibility index (Phi) is 5.20. The van der Waals surface area contributed by atoms with E-state index in [1.807, 2.05) is 30.3 Å². The number of hydrogen-bond acceptors (Lipinski definition) is 3.